The summed E-state index contributed by atoms with van der Waals surface area (Å²) in [7, 11) is -3.97. The number of carbonyl (C=O) groups is 2. The first-order valence-electron chi connectivity index (χ1n) is 10.6. The molecule has 0 aliphatic rings. The molecule has 3 rings (SSSR count). The fourth-order valence-electron chi connectivity index (χ4n) is 3.19. The molecule has 178 valence electrons. The molecule has 0 bridgehead atoms. The monoisotopic (exact) mass is 500 g/mol. The van der Waals surface area contributed by atoms with Gasteiger partial charge < -0.3 is 10.1 Å². The molecule has 0 fully saturated rings. The number of esters is 1. The van der Waals surface area contributed by atoms with Gasteiger partial charge in [0.2, 0.25) is 15.9 Å². The van der Waals surface area contributed by atoms with Gasteiger partial charge in [-0.05, 0) is 67.9 Å². The number of ether oxygens (including phenoxy) is 1. The zero-order valence-corrected chi connectivity index (χ0v) is 20.4. The largest absolute Gasteiger partial charge is 0.462 e. The van der Waals surface area contributed by atoms with Crippen LogP contribution in [-0.4, -0.2) is 37.8 Å². The molecule has 3 aromatic rings. The highest BCUT2D eigenvalue weighted by Crippen LogP contribution is 2.21. The Labute approximate surface area is 204 Å². The summed E-state index contributed by atoms with van der Waals surface area (Å²) in [5.74, 6) is -0.987. The first kappa shape index (κ1) is 25.4. The van der Waals surface area contributed by atoms with Crippen molar-refractivity contribution < 1.29 is 22.7 Å². The number of nitrogens with zero attached hydrogens (tertiary/aromatic N) is 1. The number of halogens is 1. The molecule has 0 spiro atoms. The van der Waals surface area contributed by atoms with Gasteiger partial charge in [-0.3, -0.25) is 4.79 Å². The van der Waals surface area contributed by atoms with E-state index >= 15 is 0 Å². The number of benzene rings is 3. The third kappa shape index (κ3) is 6.66. The molecule has 1 amide bonds. The number of sulfonamides is 1. The van der Waals surface area contributed by atoms with E-state index in [9.17, 15) is 18.0 Å². The third-order valence-electron chi connectivity index (χ3n) is 4.91. The minimum atomic E-state index is -3.97. The summed E-state index contributed by atoms with van der Waals surface area (Å²) in [6, 6.07) is 19.4. The molecule has 0 aromatic heterocycles. The molecule has 7 nitrogen and oxygen atoms in total. The Bertz CT molecular complexity index is 1260. The second-order valence-electron chi connectivity index (χ2n) is 7.56. The van der Waals surface area contributed by atoms with E-state index in [0.29, 0.717) is 21.8 Å². The van der Waals surface area contributed by atoms with Gasteiger partial charge >= 0.3 is 5.97 Å². The summed E-state index contributed by atoms with van der Waals surface area (Å²) < 4.78 is 32.8. The number of hydrogen-bond acceptors (Lipinski definition) is 5. The van der Waals surface area contributed by atoms with E-state index in [1.807, 2.05) is 6.92 Å². The summed E-state index contributed by atoms with van der Waals surface area (Å²) >= 11 is 6.06. The van der Waals surface area contributed by atoms with Crippen LogP contribution in [0.3, 0.4) is 0 Å². The molecule has 0 saturated heterocycles. The Balaban J connectivity index is 1.81. The maximum absolute atomic E-state index is 13.4. The van der Waals surface area contributed by atoms with Crippen molar-refractivity contribution in [1.29, 1.82) is 0 Å². The van der Waals surface area contributed by atoms with Crippen LogP contribution in [0.1, 0.15) is 28.4 Å². The van der Waals surface area contributed by atoms with E-state index in [1.54, 1.807) is 55.5 Å². The van der Waals surface area contributed by atoms with Crippen LogP contribution >= 0.6 is 11.6 Å². The molecule has 0 radical (unpaired) electrons. The Morgan fingerprint density at radius 3 is 2.29 bits per heavy atom. The molecule has 0 saturated carbocycles. The van der Waals surface area contributed by atoms with Crippen molar-refractivity contribution in [3.63, 3.8) is 0 Å². The maximum atomic E-state index is 13.4. The maximum Gasteiger partial charge on any atom is 0.338 e. The third-order valence-corrected chi connectivity index (χ3v) is 6.95. The zero-order valence-electron chi connectivity index (χ0n) is 18.8. The average Bonchev–Trinajstić information content (AvgIpc) is 2.79. The number of rotatable bonds is 9. The van der Waals surface area contributed by atoms with Crippen molar-refractivity contribution in [2.75, 3.05) is 18.5 Å². The van der Waals surface area contributed by atoms with Crippen LogP contribution in [0.15, 0.2) is 77.7 Å². The van der Waals surface area contributed by atoms with Gasteiger partial charge in [0.25, 0.3) is 0 Å². The number of amides is 1. The lowest BCUT2D eigenvalue weighted by atomic mass is 10.2. The van der Waals surface area contributed by atoms with E-state index in [1.165, 1.54) is 24.3 Å². The number of aryl methyl sites for hydroxylation is 1. The SMILES string of the molecule is CCOC(=O)c1ccc(NC(=O)CN(Cc2cccc(Cl)c2)S(=O)(=O)c2ccc(C)cc2)cc1. The Morgan fingerprint density at radius 2 is 1.68 bits per heavy atom. The number of hydrogen-bond donors (Lipinski definition) is 1. The van der Waals surface area contributed by atoms with E-state index in [0.717, 1.165) is 9.87 Å². The fraction of sp³-hybridized carbons (Fsp3) is 0.200. The van der Waals surface area contributed by atoms with Crippen LogP contribution in [0.25, 0.3) is 0 Å². The smallest absolute Gasteiger partial charge is 0.338 e. The van der Waals surface area contributed by atoms with Gasteiger partial charge in [0, 0.05) is 17.3 Å². The fourth-order valence-corrected chi connectivity index (χ4v) is 4.79. The molecule has 0 aliphatic carbocycles. The number of anilines is 1. The van der Waals surface area contributed by atoms with Gasteiger partial charge in [0.1, 0.15) is 0 Å². The first-order chi connectivity index (χ1) is 16.2. The predicted molar refractivity (Wildman–Crippen MR) is 131 cm³/mol. The molecule has 34 heavy (non-hydrogen) atoms. The van der Waals surface area contributed by atoms with Gasteiger partial charge in [-0.25, -0.2) is 13.2 Å². The second-order valence-corrected chi connectivity index (χ2v) is 9.94. The predicted octanol–water partition coefficient (Wildman–Crippen LogP) is 4.65. The summed E-state index contributed by atoms with van der Waals surface area (Å²) in [5.41, 5.74) is 2.34. The molecule has 0 heterocycles. The average molecular weight is 501 g/mol. The Hall–Kier alpha value is -3.20. The molecule has 9 heteroatoms. The minimum Gasteiger partial charge on any atom is -0.462 e. The van der Waals surface area contributed by atoms with Crippen LogP contribution in [0.5, 0.6) is 0 Å². The van der Waals surface area contributed by atoms with E-state index < -0.39 is 28.4 Å². The Morgan fingerprint density at radius 1 is 1.00 bits per heavy atom. The molecule has 0 aliphatic heterocycles. The second kappa shape index (κ2) is 11.3. The van der Waals surface area contributed by atoms with Crippen molar-refractivity contribution >= 4 is 39.2 Å². The van der Waals surface area contributed by atoms with Gasteiger partial charge in [-0.15, -0.1) is 0 Å². The van der Waals surface area contributed by atoms with Gasteiger partial charge in [0.15, 0.2) is 0 Å². The quantitative estimate of drug-likeness (QED) is 0.431. The van der Waals surface area contributed by atoms with Crippen molar-refractivity contribution in [1.82, 2.24) is 4.31 Å². The van der Waals surface area contributed by atoms with E-state index in [-0.39, 0.29) is 18.0 Å². The van der Waals surface area contributed by atoms with Gasteiger partial charge in [0.05, 0.1) is 23.6 Å². The molecule has 0 atom stereocenters. The zero-order chi connectivity index (χ0) is 24.7. The minimum absolute atomic E-state index is 0.0357. The van der Waals surface area contributed by atoms with E-state index in [2.05, 4.69) is 5.32 Å². The van der Waals surface area contributed by atoms with Crippen LogP contribution in [0.4, 0.5) is 5.69 Å². The molecule has 0 unspecified atom stereocenters. The summed E-state index contributed by atoms with van der Waals surface area (Å²) in [4.78, 5) is 24.7. The normalized spacial score (nSPS) is 11.3. The summed E-state index contributed by atoms with van der Waals surface area (Å²) in [6.07, 6.45) is 0. The highest BCUT2D eigenvalue weighted by Gasteiger charge is 2.27. The summed E-state index contributed by atoms with van der Waals surface area (Å²) in [6.45, 7) is 3.39. The van der Waals surface area contributed by atoms with Crippen LogP contribution in [0, 0.1) is 6.92 Å². The topological polar surface area (TPSA) is 92.8 Å². The number of nitrogens with one attached hydrogen (secondary N) is 1. The molecular formula is C25H25ClN2O5S. The van der Waals surface area contributed by atoms with Crippen molar-refractivity contribution in [3.8, 4) is 0 Å². The first-order valence-corrected chi connectivity index (χ1v) is 12.4. The summed E-state index contributed by atoms with van der Waals surface area (Å²) in [5, 5.41) is 3.15. The van der Waals surface area contributed by atoms with Gasteiger partial charge in [-0.1, -0.05) is 41.4 Å². The van der Waals surface area contributed by atoms with Crippen molar-refractivity contribution in [2.24, 2.45) is 0 Å². The lowest BCUT2D eigenvalue weighted by molar-refractivity contribution is -0.116. The van der Waals surface area contributed by atoms with E-state index in [4.69, 9.17) is 16.3 Å². The van der Waals surface area contributed by atoms with Gasteiger partial charge in [-0.2, -0.15) is 4.31 Å². The van der Waals surface area contributed by atoms with Crippen LogP contribution in [-0.2, 0) is 26.1 Å². The Kier molecular flexibility index (Phi) is 8.44. The molecule has 1 N–H and O–H groups in total. The van der Waals surface area contributed by atoms with Crippen LogP contribution < -0.4 is 5.32 Å². The number of carbonyl (C=O) groups excluding carboxylic acids is 2. The van der Waals surface area contributed by atoms with Crippen LogP contribution in [0.2, 0.25) is 5.02 Å². The van der Waals surface area contributed by atoms with Crippen molar-refractivity contribution in [3.05, 3.63) is 94.5 Å². The highest BCUT2D eigenvalue weighted by atomic mass is 35.5. The molecule has 3 aromatic carbocycles. The standard InChI is InChI=1S/C25H25ClN2O5S/c1-3-33-25(30)20-9-11-22(12-10-20)27-24(29)17-28(16-19-5-4-6-21(26)15-19)34(31,32)23-13-7-18(2)8-14-23/h4-15H,3,16-17H2,1-2H3,(H,27,29). The van der Waals surface area contributed by atoms with Crippen molar-refractivity contribution in [2.45, 2.75) is 25.3 Å². The highest BCUT2D eigenvalue weighted by molar-refractivity contribution is 7.89. The molecular weight excluding hydrogens is 476 g/mol. The lowest BCUT2D eigenvalue weighted by Crippen LogP contribution is -2.37. The lowest BCUT2D eigenvalue weighted by Gasteiger charge is -2.22.